The number of esters is 1. The van der Waals surface area contributed by atoms with E-state index in [1.807, 2.05) is 36.4 Å². The van der Waals surface area contributed by atoms with Crippen LogP contribution in [0.4, 0.5) is 0 Å². The highest BCUT2D eigenvalue weighted by Crippen LogP contribution is 2.27. The maximum absolute atomic E-state index is 13.4. The van der Waals surface area contributed by atoms with Crippen LogP contribution in [-0.2, 0) is 0 Å². The molecule has 38 heavy (non-hydrogen) atoms. The zero-order valence-electron chi connectivity index (χ0n) is 20.0. The average Bonchev–Trinajstić information content (AvgIpc) is 2.94. The summed E-state index contributed by atoms with van der Waals surface area (Å²) in [5.74, 6) is 0.156. The summed E-state index contributed by atoms with van der Waals surface area (Å²) in [6.45, 7) is 0. The van der Waals surface area contributed by atoms with E-state index in [9.17, 15) is 9.59 Å². The molecule has 7 nitrogen and oxygen atoms in total. The standard InChI is InChI=1S/C29H19Cl2N3O4/c1-37-26-14-12-21(31)16-23(26)29(36)38-25-13-11-20(30)15-19(25)17-32-34-27(18-7-3-2-4-8-18)33-24-10-6-5-9-22(24)28(34)35/h2-17H,1H3. The third-order valence-corrected chi connectivity index (χ3v) is 6.12. The van der Waals surface area contributed by atoms with Crippen LogP contribution in [0.25, 0.3) is 22.3 Å². The number of rotatable bonds is 6. The van der Waals surface area contributed by atoms with Gasteiger partial charge in [0.15, 0.2) is 5.82 Å². The molecule has 0 radical (unpaired) electrons. The molecule has 0 bridgehead atoms. The van der Waals surface area contributed by atoms with Gasteiger partial charge in [0.25, 0.3) is 5.56 Å². The Morgan fingerprint density at radius 1 is 0.895 bits per heavy atom. The predicted octanol–water partition coefficient (Wildman–Crippen LogP) is 6.48. The Balaban J connectivity index is 1.58. The Hall–Kier alpha value is -4.46. The minimum atomic E-state index is -0.684. The lowest BCUT2D eigenvalue weighted by Gasteiger charge is -2.12. The van der Waals surface area contributed by atoms with Gasteiger partial charge in [0.1, 0.15) is 17.1 Å². The summed E-state index contributed by atoms with van der Waals surface area (Å²) in [7, 11) is 1.44. The summed E-state index contributed by atoms with van der Waals surface area (Å²) in [5.41, 5.74) is 1.42. The van der Waals surface area contributed by atoms with Gasteiger partial charge in [-0.15, -0.1) is 0 Å². The summed E-state index contributed by atoms with van der Waals surface area (Å²) >= 11 is 12.3. The molecule has 0 N–H and O–H groups in total. The lowest BCUT2D eigenvalue weighted by molar-refractivity contribution is 0.0731. The second-order valence-electron chi connectivity index (χ2n) is 8.10. The van der Waals surface area contributed by atoms with E-state index in [0.29, 0.717) is 43.6 Å². The van der Waals surface area contributed by atoms with Crippen molar-refractivity contribution in [3.8, 4) is 22.9 Å². The highest BCUT2D eigenvalue weighted by molar-refractivity contribution is 6.31. The van der Waals surface area contributed by atoms with Crippen LogP contribution in [0.1, 0.15) is 15.9 Å². The number of benzene rings is 4. The number of nitrogens with zero attached hydrogens (tertiary/aromatic N) is 3. The first kappa shape index (κ1) is 25.2. The smallest absolute Gasteiger partial charge is 0.347 e. The number of ether oxygens (including phenoxy) is 2. The average molecular weight is 544 g/mol. The third kappa shape index (κ3) is 5.16. The van der Waals surface area contributed by atoms with Crippen LogP contribution >= 0.6 is 23.2 Å². The van der Waals surface area contributed by atoms with Crippen molar-refractivity contribution in [2.24, 2.45) is 5.10 Å². The largest absolute Gasteiger partial charge is 0.496 e. The maximum atomic E-state index is 13.4. The molecule has 4 aromatic carbocycles. The van der Waals surface area contributed by atoms with E-state index in [4.69, 9.17) is 32.7 Å². The molecule has 5 aromatic rings. The van der Waals surface area contributed by atoms with E-state index in [2.05, 4.69) is 10.1 Å². The highest BCUT2D eigenvalue weighted by Gasteiger charge is 2.18. The minimum absolute atomic E-state index is 0.152. The monoisotopic (exact) mass is 543 g/mol. The Kier molecular flexibility index (Phi) is 7.22. The Morgan fingerprint density at radius 3 is 2.34 bits per heavy atom. The highest BCUT2D eigenvalue weighted by atomic mass is 35.5. The first-order valence-corrected chi connectivity index (χ1v) is 12.2. The van der Waals surface area contributed by atoms with Crippen molar-refractivity contribution >= 4 is 46.3 Å². The van der Waals surface area contributed by atoms with Gasteiger partial charge in [0, 0.05) is 21.2 Å². The molecular formula is C29H19Cl2N3O4. The van der Waals surface area contributed by atoms with Crippen LogP contribution in [0.2, 0.25) is 10.0 Å². The number of fused-ring (bicyclic) bond motifs is 1. The molecule has 0 saturated heterocycles. The van der Waals surface area contributed by atoms with Gasteiger partial charge in [-0.1, -0.05) is 65.7 Å². The second kappa shape index (κ2) is 10.9. The van der Waals surface area contributed by atoms with E-state index in [1.165, 1.54) is 30.1 Å². The molecule has 0 aliphatic carbocycles. The van der Waals surface area contributed by atoms with Gasteiger partial charge in [0.05, 0.1) is 24.2 Å². The quantitative estimate of drug-likeness (QED) is 0.139. The molecule has 0 fully saturated rings. The molecule has 9 heteroatoms. The number of carbonyl (C=O) groups excluding carboxylic acids is 1. The van der Waals surface area contributed by atoms with E-state index < -0.39 is 5.97 Å². The van der Waals surface area contributed by atoms with Gasteiger partial charge >= 0.3 is 5.97 Å². The number of aromatic nitrogens is 2. The first-order valence-electron chi connectivity index (χ1n) is 11.4. The van der Waals surface area contributed by atoms with Gasteiger partial charge < -0.3 is 9.47 Å². The fourth-order valence-electron chi connectivity index (χ4n) is 3.83. The first-order chi connectivity index (χ1) is 18.4. The number of halogens is 2. The SMILES string of the molecule is COc1ccc(Cl)cc1C(=O)Oc1ccc(Cl)cc1C=Nn1c(-c2ccccc2)nc2ccccc2c1=O. The molecule has 0 amide bonds. The molecular weight excluding hydrogens is 525 g/mol. The molecule has 0 aliphatic rings. The molecule has 0 saturated carbocycles. The molecule has 1 heterocycles. The summed E-state index contributed by atoms with van der Waals surface area (Å²) in [6, 6.07) is 25.6. The summed E-state index contributed by atoms with van der Waals surface area (Å²) < 4.78 is 12.1. The lowest BCUT2D eigenvalue weighted by Crippen LogP contribution is -2.20. The van der Waals surface area contributed by atoms with Crippen molar-refractivity contribution in [1.82, 2.24) is 9.66 Å². The van der Waals surface area contributed by atoms with Crippen LogP contribution in [0.15, 0.2) is 101 Å². The Bertz CT molecular complexity index is 1750. The van der Waals surface area contributed by atoms with Crippen molar-refractivity contribution in [2.75, 3.05) is 7.11 Å². The van der Waals surface area contributed by atoms with Gasteiger partial charge in [0.2, 0.25) is 0 Å². The molecule has 0 atom stereocenters. The molecule has 0 spiro atoms. The summed E-state index contributed by atoms with van der Waals surface area (Å²) in [4.78, 5) is 31.1. The minimum Gasteiger partial charge on any atom is -0.496 e. The van der Waals surface area contributed by atoms with E-state index in [0.717, 1.165) is 0 Å². The number of carbonyl (C=O) groups is 1. The fourth-order valence-corrected chi connectivity index (χ4v) is 4.19. The normalized spacial score (nSPS) is 11.1. The van der Waals surface area contributed by atoms with Gasteiger partial charge in [-0.2, -0.15) is 9.78 Å². The van der Waals surface area contributed by atoms with Crippen molar-refractivity contribution in [2.45, 2.75) is 0 Å². The van der Waals surface area contributed by atoms with Gasteiger partial charge in [-0.05, 0) is 48.5 Å². The van der Waals surface area contributed by atoms with E-state index in [1.54, 1.807) is 42.5 Å². The molecule has 1 aromatic heterocycles. The van der Waals surface area contributed by atoms with Crippen LogP contribution in [0, 0.1) is 0 Å². The second-order valence-corrected chi connectivity index (χ2v) is 8.97. The van der Waals surface area contributed by atoms with Crippen molar-refractivity contribution < 1.29 is 14.3 Å². The van der Waals surface area contributed by atoms with Gasteiger partial charge in [-0.3, -0.25) is 4.79 Å². The predicted molar refractivity (Wildman–Crippen MR) is 149 cm³/mol. The van der Waals surface area contributed by atoms with Gasteiger partial charge in [-0.25, -0.2) is 9.78 Å². The van der Waals surface area contributed by atoms with E-state index in [-0.39, 0.29) is 16.9 Å². The third-order valence-electron chi connectivity index (χ3n) is 5.65. The van der Waals surface area contributed by atoms with Crippen molar-refractivity contribution in [3.05, 3.63) is 123 Å². The van der Waals surface area contributed by atoms with Crippen LogP contribution < -0.4 is 15.0 Å². The Labute approximate surface area is 227 Å². The number of para-hydroxylation sites is 1. The summed E-state index contributed by atoms with van der Waals surface area (Å²) in [6.07, 6.45) is 1.40. The summed E-state index contributed by atoms with van der Waals surface area (Å²) in [5, 5.41) is 5.61. The number of hydrogen-bond acceptors (Lipinski definition) is 6. The van der Waals surface area contributed by atoms with Crippen LogP contribution in [-0.4, -0.2) is 29.0 Å². The zero-order valence-corrected chi connectivity index (χ0v) is 21.5. The topological polar surface area (TPSA) is 82.8 Å². The zero-order chi connectivity index (χ0) is 26.6. The molecule has 188 valence electrons. The van der Waals surface area contributed by atoms with Crippen LogP contribution in [0.5, 0.6) is 11.5 Å². The fraction of sp³-hybridized carbons (Fsp3) is 0.0345. The van der Waals surface area contributed by atoms with Crippen LogP contribution in [0.3, 0.4) is 0 Å². The Morgan fingerprint density at radius 2 is 1.58 bits per heavy atom. The van der Waals surface area contributed by atoms with Crippen molar-refractivity contribution in [3.63, 3.8) is 0 Å². The molecule has 0 unspecified atom stereocenters. The molecule has 5 rings (SSSR count). The van der Waals surface area contributed by atoms with Crippen molar-refractivity contribution in [1.29, 1.82) is 0 Å². The maximum Gasteiger partial charge on any atom is 0.347 e. The van der Waals surface area contributed by atoms with E-state index >= 15 is 0 Å². The number of hydrogen-bond donors (Lipinski definition) is 0. The lowest BCUT2D eigenvalue weighted by atomic mass is 10.2. The molecule has 0 aliphatic heterocycles. The number of methoxy groups -OCH3 is 1.